The van der Waals surface area contributed by atoms with E-state index in [9.17, 15) is 13.2 Å². The van der Waals surface area contributed by atoms with Crippen LogP contribution in [0, 0.1) is 6.92 Å². The van der Waals surface area contributed by atoms with Crippen LogP contribution in [0.15, 0.2) is 34.7 Å². The van der Waals surface area contributed by atoms with Crippen LogP contribution >= 0.6 is 12.4 Å². The zero-order valence-electron chi connectivity index (χ0n) is 13.1. The molecule has 1 aliphatic heterocycles. The van der Waals surface area contributed by atoms with E-state index in [4.69, 9.17) is 0 Å². The molecule has 128 valence electrons. The molecule has 0 saturated carbocycles. The van der Waals surface area contributed by atoms with Crippen LogP contribution in [0.2, 0.25) is 0 Å². The fourth-order valence-electron chi connectivity index (χ4n) is 2.29. The minimum absolute atomic E-state index is 0. The lowest BCUT2D eigenvalue weighted by Crippen LogP contribution is -2.30. The Morgan fingerprint density at radius 1 is 1.39 bits per heavy atom. The van der Waals surface area contributed by atoms with Crippen molar-refractivity contribution in [1.82, 2.24) is 10.0 Å². The lowest BCUT2D eigenvalue weighted by atomic mass is 10.1. The number of ether oxygens (including phenoxy) is 1. The Labute approximate surface area is 142 Å². The van der Waals surface area contributed by atoms with Gasteiger partial charge in [0.05, 0.1) is 17.6 Å². The number of aryl methyl sites for hydroxylation is 1. The van der Waals surface area contributed by atoms with E-state index in [1.54, 1.807) is 6.92 Å². The Morgan fingerprint density at radius 2 is 2.13 bits per heavy atom. The third kappa shape index (κ3) is 5.04. The van der Waals surface area contributed by atoms with Crippen molar-refractivity contribution in [2.45, 2.75) is 18.2 Å². The Morgan fingerprint density at radius 3 is 2.70 bits per heavy atom. The molecular formula is C15H21ClN2O4S. The van der Waals surface area contributed by atoms with Crippen molar-refractivity contribution < 1.29 is 17.9 Å². The fourth-order valence-corrected chi connectivity index (χ4v) is 3.55. The molecule has 2 rings (SSSR count). The molecule has 0 fully saturated rings. The first-order chi connectivity index (χ1) is 10.4. The van der Waals surface area contributed by atoms with Crippen molar-refractivity contribution in [2.24, 2.45) is 0 Å². The summed E-state index contributed by atoms with van der Waals surface area (Å²) in [5.74, 6) is -0.486. The molecule has 0 aromatic heterocycles. The molecule has 0 atom stereocenters. The summed E-state index contributed by atoms with van der Waals surface area (Å²) in [6, 6.07) is 4.40. The van der Waals surface area contributed by atoms with Gasteiger partial charge in [-0.05, 0) is 43.7 Å². The van der Waals surface area contributed by atoms with Gasteiger partial charge in [-0.2, -0.15) is 0 Å². The maximum atomic E-state index is 12.4. The molecule has 0 aliphatic carbocycles. The fraction of sp³-hybridized carbons (Fsp3) is 0.400. The third-order valence-corrected chi connectivity index (χ3v) is 5.09. The van der Waals surface area contributed by atoms with Gasteiger partial charge in [0.15, 0.2) is 0 Å². The van der Waals surface area contributed by atoms with Gasteiger partial charge < -0.3 is 10.1 Å². The first kappa shape index (κ1) is 19.6. The number of carbonyl (C=O) groups excluding carboxylic acids is 1. The molecule has 2 N–H and O–H groups in total. The minimum atomic E-state index is -3.60. The maximum absolute atomic E-state index is 12.4. The third-order valence-electron chi connectivity index (χ3n) is 3.53. The molecule has 0 unspecified atom stereocenters. The Balaban J connectivity index is 0.00000264. The molecular weight excluding hydrogens is 340 g/mol. The molecule has 23 heavy (non-hydrogen) atoms. The number of benzene rings is 1. The van der Waals surface area contributed by atoms with Crippen LogP contribution in [0.5, 0.6) is 0 Å². The number of carbonyl (C=O) groups is 1. The van der Waals surface area contributed by atoms with Crippen molar-refractivity contribution in [2.75, 3.05) is 26.7 Å². The van der Waals surface area contributed by atoms with Crippen molar-refractivity contribution in [3.05, 3.63) is 41.0 Å². The standard InChI is InChI=1S/C15H20N2O4S.ClH/c1-11-9-13(15(18)21-2)3-4-14(11)22(19,20)17-10-12-5-7-16-8-6-12;/h3-5,9,16-17H,6-8,10H2,1-2H3;1H. The predicted octanol–water partition coefficient (Wildman–Crippen LogP) is 1.40. The summed E-state index contributed by atoms with van der Waals surface area (Å²) in [7, 11) is -2.31. The molecule has 0 saturated heterocycles. The number of esters is 1. The van der Waals surface area contributed by atoms with Crippen molar-refractivity contribution in [3.63, 3.8) is 0 Å². The van der Waals surface area contributed by atoms with E-state index < -0.39 is 16.0 Å². The number of sulfonamides is 1. The second kappa shape index (κ2) is 8.44. The van der Waals surface area contributed by atoms with Crippen LogP contribution in [-0.2, 0) is 14.8 Å². The normalized spacial score (nSPS) is 14.6. The lowest BCUT2D eigenvalue weighted by Gasteiger charge is -2.15. The number of hydrogen-bond donors (Lipinski definition) is 2. The zero-order chi connectivity index (χ0) is 16.2. The Hall–Kier alpha value is -1.41. The number of nitrogens with one attached hydrogen (secondary N) is 2. The van der Waals surface area contributed by atoms with Gasteiger partial charge in [0, 0.05) is 13.1 Å². The minimum Gasteiger partial charge on any atom is -0.465 e. The van der Waals surface area contributed by atoms with Gasteiger partial charge in [-0.1, -0.05) is 11.6 Å². The summed E-state index contributed by atoms with van der Waals surface area (Å²) in [6.45, 7) is 3.59. The SMILES string of the molecule is COC(=O)c1ccc(S(=O)(=O)NCC2=CCNCC2)c(C)c1.Cl. The van der Waals surface area contributed by atoms with E-state index in [1.807, 2.05) is 6.08 Å². The van der Waals surface area contributed by atoms with Crippen molar-refractivity contribution in [3.8, 4) is 0 Å². The summed E-state index contributed by atoms with van der Waals surface area (Å²) in [4.78, 5) is 11.6. The van der Waals surface area contributed by atoms with Crippen LogP contribution in [0.4, 0.5) is 0 Å². The highest BCUT2D eigenvalue weighted by atomic mass is 35.5. The highest BCUT2D eigenvalue weighted by Gasteiger charge is 2.19. The molecule has 0 bridgehead atoms. The van der Waals surface area contributed by atoms with Gasteiger partial charge in [-0.15, -0.1) is 12.4 Å². The van der Waals surface area contributed by atoms with Crippen LogP contribution < -0.4 is 10.0 Å². The summed E-state index contributed by atoms with van der Waals surface area (Å²) in [6.07, 6.45) is 2.84. The van der Waals surface area contributed by atoms with Gasteiger partial charge >= 0.3 is 5.97 Å². The van der Waals surface area contributed by atoms with Gasteiger partial charge in [0.25, 0.3) is 0 Å². The summed E-state index contributed by atoms with van der Waals surface area (Å²) >= 11 is 0. The summed E-state index contributed by atoms with van der Waals surface area (Å²) in [5, 5.41) is 3.18. The average Bonchev–Trinajstić information content (AvgIpc) is 2.53. The van der Waals surface area contributed by atoms with Crippen LogP contribution in [-0.4, -0.2) is 41.1 Å². The molecule has 6 nitrogen and oxygen atoms in total. The molecule has 8 heteroatoms. The summed E-state index contributed by atoms with van der Waals surface area (Å²) in [5.41, 5.74) is 1.92. The lowest BCUT2D eigenvalue weighted by molar-refractivity contribution is 0.0600. The number of halogens is 1. The van der Waals surface area contributed by atoms with Gasteiger partial charge in [0.2, 0.25) is 10.0 Å². The smallest absolute Gasteiger partial charge is 0.337 e. The number of methoxy groups -OCH3 is 1. The van der Waals surface area contributed by atoms with Gasteiger partial charge in [0.1, 0.15) is 0 Å². The van der Waals surface area contributed by atoms with Crippen molar-refractivity contribution >= 4 is 28.4 Å². The van der Waals surface area contributed by atoms with Gasteiger partial charge in [-0.3, -0.25) is 0 Å². The molecule has 1 aromatic carbocycles. The van der Waals surface area contributed by atoms with Crippen LogP contribution in [0.1, 0.15) is 22.3 Å². The predicted molar refractivity (Wildman–Crippen MR) is 90.5 cm³/mol. The van der Waals surface area contributed by atoms with Crippen LogP contribution in [0.3, 0.4) is 0 Å². The maximum Gasteiger partial charge on any atom is 0.337 e. The van der Waals surface area contributed by atoms with E-state index in [0.717, 1.165) is 25.1 Å². The number of rotatable bonds is 5. The zero-order valence-corrected chi connectivity index (χ0v) is 14.7. The topological polar surface area (TPSA) is 84.5 Å². The van der Waals surface area contributed by atoms with Crippen molar-refractivity contribution in [1.29, 1.82) is 0 Å². The second-order valence-electron chi connectivity index (χ2n) is 5.11. The van der Waals surface area contributed by atoms with E-state index in [2.05, 4.69) is 14.8 Å². The summed E-state index contributed by atoms with van der Waals surface area (Å²) < 4.78 is 32.0. The molecule has 1 aromatic rings. The molecule has 1 aliphatic rings. The highest BCUT2D eigenvalue weighted by molar-refractivity contribution is 7.89. The molecule has 0 spiro atoms. The molecule has 0 radical (unpaired) electrons. The van der Waals surface area contributed by atoms with Crippen LogP contribution in [0.25, 0.3) is 0 Å². The van der Waals surface area contributed by atoms with Gasteiger partial charge in [-0.25, -0.2) is 17.9 Å². The van der Waals surface area contributed by atoms with E-state index >= 15 is 0 Å². The van der Waals surface area contributed by atoms with E-state index in [1.165, 1.54) is 25.3 Å². The quantitative estimate of drug-likeness (QED) is 0.612. The monoisotopic (exact) mass is 360 g/mol. The first-order valence-electron chi connectivity index (χ1n) is 7.01. The largest absolute Gasteiger partial charge is 0.465 e. The van der Waals surface area contributed by atoms with E-state index in [-0.39, 0.29) is 17.3 Å². The average molecular weight is 361 g/mol. The molecule has 0 amide bonds. The Bertz CT molecular complexity index is 701. The Kier molecular flexibility index (Phi) is 7.21. The number of hydrogen-bond acceptors (Lipinski definition) is 5. The highest BCUT2D eigenvalue weighted by Crippen LogP contribution is 2.17. The van der Waals surface area contributed by atoms with E-state index in [0.29, 0.717) is 17.7 Å². The first-order valence-corrected chi connectivity index (χ1v) is 8.49. The molecule has 1 heterocycles. The second-order valence-corrected chi connectivity index (χ2v) is 6.85.